The second kappa shape index (κ2) is 6.71. The van der Waals surface area contributed by atoms with Gasteiger partial charge in [0.1, 0.15) is 12.9 Å². The highest BCUT2D eigenvalue weighted by molar-refractivity contribution is 5.87. The molecule has 0 radical (unpaired) electrons. The van der Waals surface area contributed by atoms with E-state index in [4.69, 9.17) is 4.74 Å². The Morgan fingerprint density at radius 3 is 2.42 bits per heavy atom. The predicted octanol–water partition coefficient (Wildman–Crippen LogP) is 4.15. The quantitative estimate of drug-likeness (QED) is 0.678. The number of aromatic nitrogens is 2. The van der Waals surface area contributed by atoms with Crippen molar-refractivity contribution in [3.8, 4) is 5.69 Å². The first-order valence-electron chi connectivity index (χ1n) is 7.88. The third kappa shape index (κ3) is 3.38. The van der Waals surface area contributed by atoms with E-state index < -0.39 is 5.97 Å². The van der Waals surface area contributed by atoms with Crippen LogP contribution >= 0.6 is 0 Å². The van der Waals surface area contributed by atoms with Crippen LogP contribution in [-0.4, -0.2) is 15.5 Å². The Labute approximate surface area is 141 Å². The van der Waals surface area contributed by atoms with Crippen LogP contribution in [0.1, 0.15) is 32.7 Å². The highest BCUT2D eigenvalue weighted by Gasteiger charge is 2.14. The van der Waals surface area contributed by atoms with Gasteiger partial charge in [-0.2, -0.15) is 0 Å². The smallest absolute Gasteiger partial charge is 0.358 e. The number of rotatable bonds is 4. The highest BCUT2D eigenvalue weighted by atomic mass is 16.5. The van der Waals surface area contributed by atoms with Crippen molar-refractivity contribution in [2.45, 2.75) is 27.4 Å². The first-order chi connectivity index (χ1) is 11.5. The molecule has 1 heterocycles. The number of imidazole rings is 1. The number of carbonyl (C=O) groups is 1. The molecule has 0 atom stereocenters. The van der Waals surface area contributed by atoms with Crippen LogP contribution < -0.4 is 0 Å². The topological polar surface area (TPSA) is 44.1 Å². The molecule has 0 aliphatic heterocycles. The van der Waals surface area contributed by atoms with Gasteiger partial charge in [-0.15, -0.1) is 0 Å². The first kappa shape index (κ1) is 16.0. The Kier molecular flexibility index (Phi) is 4.47. The molecule has 122 valence electrons. The standard InChI is InChI=1S/C20H20N2O2/c1-14-9-15(2)19(16(3)10-14)22-11-18(21-13-22)20(23)24-12-17-7-5-4-6-8-17/h4-11,13H,12H2,1-3H3. The Balaban J connectivity index is 1.77. The maximum Gasteiger partial charge on any atom is 0.358 e. The zero-order valence-electron chi connectivity index (χ0n) is 14.1. The van der Waals surface area contributed by atoms with Gasteiger partial charge in [0, 0.05) is 6.20 Å². The molecule has 4 heteroatoms. The fourth-order valence-electron chi connectivity index (χ4n) is 2.93. The Bertz CT molecular complexity index is 843. The van der Waals surface area contributed by atoms with Gasteiger partial charge >= 0.3 is 5.97 Å². The summed E-state index contributed by atoms with van der Waals surface area (Å²) in [4.78, 5) is 16.4. The Hall–Kier alpha value is -2.88. The van der Waals surface area contributed by atoms with E-state index in [1.165, 1.54) is 5.56 Å². The summed E-state index contributed by atoms with van der Waals surface area (Å²) in [6, 6.07) is 13.8. The molecule has 0 spiro atoms. The fourth-order valence-corrected chi connectivity index (χ4v) is 2.93. The van der Waals surface area contributed by atoms with Gasteiger partial charge < -0.3 is 9.30 Å². The van der Waals surface area contributed by atoms with E-state index in [0.29, 0.717) is 5.69 Å². The minimum absolute atomic E-state index is 0.245. The van der Waals surface area contributed by atoms with E-state index in [-0.39, 0.29) is 6.61 Å². The molecule has 0 aliphatic rings. The number of esters is 1. The molecule has 1 aromatic heterocycles. The molecule has 0 amide bonds. The zero-order valence-corrected chi connectivity index (χ0v) is 14.1. The van der Waals surface area contributed by atoms with E-state index in [9.17, 15) is 4.79 Å². The summed E-state index contributed by atoms with van der Waals surface area (Å²) in [5, 5.41) is 0. The first-order valence-corrected chi connectivity index (χ1v) is 7.88. The van der Waals surface area contributed by atoms with Crippen LogP contribution in [0, 0.1) is 20.8 Å². The summed E-state index contributed by atoms with van der Waals surface area (Å²) in [5.41, 5.74) is 5.83. The number of nitrogens with zero attached hydrogens (tertiary/aromatic N) is 2. The van der Waals surface area contributed by atoms with Gasteiger partial charge in [-0.3, -0.25) is 0 Å². The third-order valence-corrected chi connectivity index (χ3v) is 3.90. The van der Waals surface area contributed by atoms with Crippen molar-refractivity contribution in [3.05, 3.63) is 82.9 Å². The lowest BCUT2D eigenvalue weighted by atomic mass is 10.1. The molecule has 0 N–H and O–H groups in total. The summed E-state index contributed by atoms with van der Waals surface area (Å²) >= 11 is 0. The van der Waals surface area contributed by atoms with Crippen molar-refractivity contribution in [3.63, 3.8) is 0 Å². The second-order valence-electron chi connectivity index (χ2n) is 5.98. The monoisotopic (exact) mass is 320 g/mol. The summed E-state index contributed by atoms with van der Waals surface area (Å²) in [5.74, 6) is -0.417. The molecule has 3 rings (SSSR count). The Morgan fingerprint density at radius 1 is 1.08 bits per heavy atom. The lowest BCUT2D eigenvalue weighted by Gasteiger charge is -2.11. The molecule has 24 heavy (non-hydrogen) atoms. The van der Waals surface area contributed by atoms with Crippen LogP contribution in [0.15, 0.2) is 55.0 Å². The molecule has 0 bridgehead atoms. The zero-order chi connectivity index (χ0) is 17.1. The van der Waals surface area contributed by atoms with E-state index in [0.717, 1.165) is 22.4 Å². The van der Waals surface area contributed by atoms with Gasteiger partial charge in [0.2, 0.25) is 0 Å². The average Bonchev–Trinajstić information content (AvgIpc) is 3.02. The third-order valence-electron chi connectivity index (χ3n) is 3.90. The lowest BCUT2D eigenvalue weighted by molar-refractivity contribution is 0.0466. The van der Waals surface area contributed by atoms with Crippen molar-refractivity contribution >= 4 is 5.97 Å². The molecule has 0 saturated carbocycles. The Morgan fingerprint density at radius 2 is 1.75 bits per heavy atom. The molecule has 0 saturated heterocycles. The molecular weight excluding hydrogens is 300 g/mol. The normalized spacial score (nSPS) is 10.6. The van der Waals surface area contributed by atoms with Gasteiger partial charge in [-0.25, -0.2) is 9.78 Å². The predicted molar refractivity (Wildman–Crippen MR) is 93.3 cm³/mol. The summed E-state index contributed by atoms with van der Waals surface area (Å²) in [6.07, 6.45) is 3.38. The number of hydrogen-bond acceptors (Lipinski definition) is 3. The van der Waals surface area contributed by atoms with Crippen molar-refractivity contribution in [1.82, 2.24) is 9.55 Å². The van der Waals surface area contributed by atoms with Gasteiger partial charge in [0.05, 0.1) is 5.69 Å². The van der Waals surface area contributed by atoms with Gasteiger partial charge in [-0.05, 0) is 37.5 Å². The molecule has 0 fully saturated rings. The molecule has 0 unspecified atom stereocenters. The SMILES string of the molecule is Cc1cc(C)c(-n2cnc(C(=O)OCc3ccccc3)c2)c(C)c1. The summed E-state index contributed by atoms with van der Waals surface area (Å²) in [6.45, 7) is 6.44. The summed E-state index contributed by atoms with van der Waals surface area (Å²) < 4.78 is 7.21. The molecular formula is C20H20N2O2. The number of benzene rings is 2. The van der Waals surface area contributed by atoms with Crippen LogP contribution in [0.4, 0.5) is 0 Å². The van der Waals surface area contributed by atoms with Crippen LogP contribution in [0.5, 0.6) is 0 Å². The molecule has 4 nitrogen and oxygen atoms in total. The number of carbonyl (C=O) groups excluding carboxylic acids is 1. The van der Waals surface area contributed by atoms with Crippen molar-refractivity contribution in [1.29, 1.82) is 0 Å². The highest BCUT2D eigenvalue weighted by Crippen LogP contribution is 2.21. The lowest BCUT2D eigenvalue weighted by Crippen LogP contribution is -2.05. The summed E-state index contributed by atoms with van der Waals surface area (Å²) in [7, 11) is 0. The van der Waals surface area contributed by atoms with Crippen molar-refractivity contribution < 1.29 is 9.53 Å². The van der Waals surface area contributed by atoms with Crippen molar-refractivity contribution in [2.75, 3.05) is 0 Å². The number of aryl methyl sites for hydroxylation is 3. The second-order valence-corrected chi connectivity index (χ2v) is 5.98. The molecule has 3 aromatic rings. The van der Waals surface area contributed by atoms with Crippen molar-refractivity contribution in [2.24, 2.45) is 0 Å². The molecule has 2 aromatic carbocycles. The van der Waals surface area contributed by atoms with Gasteiger partial charge in [-0.1, -0.05) is 48.0 Å². The van der Waals surface area contributed by atoms with Crippen LogP contribution in [-0.2, 0) is 11.3 Å². The van der Waals surface area contributed by atoms with Crippen LogP contribution in [0.25, 0.3) is 5.69 Å². The number of hydrogen-bond donors (Lipinski definition) is 0. The van der Waals surface area contributed by atoms with E-state index in [1.807, 2.05) is 34.9 Å². The largest absolute Gasteiger partial charge is 0.456 e. The molecule has 0 aliphatic carbocycles. The van der Waals surface area contributed by atoms with E-state index in [2.05, 4.69) is 37.9 Å². The fraction of sp³-hybridized carbons (Fsp3) is 0.200. The van der Waals surface area contributed by atoms with Gasteiger partial charge in [0.25, 0.3) is 0 Å². The van der Waals surface area contributed by atoms with Gasteiger partial charge in [0.15, 0.2) is 5.69 Å². The van der Waals surface area contributed by atoms with E-state index in [1.54, 1.807) is 12.5 Å². The average molecular weight is 320 g/mol. The number of ether oxygens (including phenoxy) is 1. The van der Waals surface area contributed by atoms with Crippen LogP contribution in [0.3, 0.4) is 0 Å². The minimum Gasteiger partial charge on any atom is -0.456 e. The van der Waals surface area contributed by atoms with Crippen LogP contribution in [0.2, 0.25) is 0 Å². The maximum absolute atomic E-state index is 12.2. The van der Waals surface area contributed by atoms with E-state index >= 15 is 0 Å². The minimum atomic E-state index is -0.417. The maximum atomic E-state index is 12.2.